The zero-order valence-electron chi connectivity index (χ0n) is 10.9. The highest BCUT2D eigenvalue weighted by Crippen LogP contribution is 2.15. The minimum Gasteiger partial charge on any atom is -0.364 e. The van der Waals surface area contributed by atoms with E-state index in [9.17, 15) is 4.79 Å². The van der Waals surface area contributed by atoms with E-state index in [0.717, 1.165) is 16.5 Å². The summed E-state index contributed by atoms with van der Waals surface area (Å²) in [6.45, 7) is 2.53. The van der Waals surface area contributed by atoms with E-state index >= 15 is 0 Å². The van der Waals surface area contributed by atoms with Gasteiger partial charge in [0.05, 0.1) is 18.3 Å². The molecule has 1 aromatic carbocycles. The van der Waals surface area contributed by atoms with E-state index in [0.29, 0.717) is 6.54 Å². The van der Waals surface area contributed by atoms with E-state index in [2.05, 4.69) is 21.4 Å². The van der Waals surface area contributed by atoms with Gasteiger partial charge < -0.3 is 5.73 Å². The van der Waals surface area contributed by atoms with Gasteiger partial charge in [0, 0.05) is 11.6 Å². The van der Waals surface area contributed by atoms with Crippen LogP contribution in [0.2, 0.25) is 0 Å². The van der Waals surface area contributed by atoms with E-state index in [1.54, 1.807) is 10.9 Å². The number of hydrogen-bond donors (Lipinski definition) is 1. The normalized spacial score (nSPS) is 10.8. The molecule has 0 saturated carbocycles. The van der Waals surface area contributed by atoms with Gasteiger partial charge in [0.15, 0.2) is 5.69 Å². The predicted octanol–water partition coefficient (Wildman–Crippen LogP) is 1.28. The molecule has 0 fully saturated rings. The average Bonchev–Trinajstić information content (AvgIpc) is 2.88. The van der Waals surface area contributed by atoms with Crippen LogP contribution < -0.4 is 5.73 Å². The number of aromatic nitrogens is 4. The molecule has 20 heavy (non-hydrogen) atoms. The van der Waals surface area contributed by atoms with Crippen LogP contribution in [0, 0.1) is 6.92 Å². The average molecular weight is 267 g/mol. The van der Waals surface area contributed by atoms with Crippen molar-refractivity contribution in [3.8, 4) is 0 Å². The van der Waals surface area contributed by atoms with Crippen molar-refractivity contribution in [1.82, 2.24) is 20.0 Å². The summed E-state index contributed by atoms with van der Waals surface area (Å²) in [7, 11) is 0. The first-order chi connectivity index (χ1) is 9.61. The van der Waals surface area contributed by atoms with Crippen LogP contribution in [0.3, 0.4) is 0 Å². The molecule has 0 radical (unpaired) electrons. The van der Waals surface area contributed by atoms with Crippen LogP contribution in [-0.4, -0.2) is 25.9 Å². The summed E-state index contributed by atoms with van der Waals surface area (Å²) in [6.07, 6.45) is 3.33. The van der Waals surface area contributed by atoms with Crippen LogP contribution in [0.15, 0.2) is 36.7 Å². The van der Waals surface area contributed by atoms with Crippen molar-refractivity contribution in [3.63, 3.8) is 0 Å². The number of carbonyl (C=O) groups excluding carboxylic acids is 1. The van der Waals surface area contributed by atoms with E-state index in [4.69, 9.17) is 5.73 Å². The summed E-state index contributed by atoms with van der Waals surface area (Å²) in [5, 5.41) is 8.64. The predicted molar refractivity (Wildman–Crippen MR) is 74.1 cm³/mol. The SMILES string of the molecule is Cc1ccc2cc(Cn3cc(C(N)=O)nn3)cnc2c1. The van der Waals surface area contributed by atoms with Crippen molar-refractivity contribution < 1.29 is 4.79 Å². The van der Waals surface area contributed by atoms with Gasteiger partial charge in [-0.25, -0.2) is 4.68 Å². The molecule has 2 aromatic heterocycles. The fourth-order valence-electron chi connectivity index (χ4n) is 2.04. The Kier molecular flexibility index (Phi) is 2.90. The molecule has 0 bridgehead atoms. The molecule has 2 N–H and O–H groups in total. The molecule has 3 rings (SSSR count). The van der Waals surface area contributed by atoms with Gasteiger partial charge in [-0.3, -0.25) is 9.78 Å². The molecular formula is C14H13N5O. The lowest BCUT2D eigenvalue weighted by molar-refractivity contribution is 0.0995. The monoisotopic (exact) mass is 267 g/mol. The molecular weight excluding hydrogens is 254 g/mol. The molecule has 3 aromatic rings. The number of hydrogen-bond acceptors (Lipinski definition) is 4. The van der Waals surface area contributed by atoms with Crippen molar-refractivity contribution in [2.45, 2.75) is 13.5 Å². The third kappa shape index (κ3) is 2.35. The second-order valence-electron chi connectivity index (χ2n) is 4.71. The number of primary amides is 1. The molecule has 0 unspecified atom stereocenters. The summed E-state index contributed by atoms with van der Waals surface area (Å²) >= 11 is 0. The molecule has 1 amide bonds. The molecule has 6 heteroatoms. The molecule has 100 valence electrons. The van der Waals surface area contributed by atoms with Gasteiger partial charge in [-0.15, -0.1) is 5.10 Å². The maximum Gasteiger partial charge on any atom is 0.270 e. The number of nitrogens with zero attached hydrogens (tertiary/aromatic N) is 4. The zero-order valence-corrected chi connectivity index (χ0v) is 10.9. The Hall–Kier alpha value is -2.76. The highest BCUT2D eigenvalue weighted by atomic mass is 16.1. The Labute approximate surface area is 115 Å². The Bertz CT molecular complexity index is 793. The van der Waals surface area contributed by atoms with Gasteiger partial charge >= 0.3 is 0 Å². The van der Waals surface area contributed by atoms with Crippen molar-refractivity contribution >= 4 is 16.8 Å². The molecule has 0 atom stereocenters. The second kappa shape index (κ2) is 4.73. The molecule has 0 aliphatic rings. The summed E-state index contributed by atoms with van der Waals surface area (Å²) in [5.41, 5.74) is 8.44. The van der Waals surface area contributed by atoms with Gasteiger partial charge in [-0.2, -0.15) is 0 Å². The Balaban J connectivity index is 1.90. The van der Waals surface area contributed by atoms with Gasteiger partial charge in [0.2, 0.25) is 0 Å². The minimum atomic E-state index is -0.580. The maximum atomic E-state index is 11.0. The summed E-state index contributed by atoms with van der Waals surface area (Å²) in [6, 6.07) is 8.18. The van der Waals surface area contributed by atoms with Crippen molar-refractivity contribution in [2.24, 2.45) is 5.73 Å². The van der Waals surface area contributed by atoms with Gasteiger partial charge in [-0.05, 0) is 30.2 Å². The van der Waals surface area contributed by atoms with Gasteiger partial charge in [0.1, 0.15) is 0 Å². The number of rotatable bonds is 3. The van der Waals surface area contributed by atoms with Gasteiger partial charge in [-0.1, -0.05) is 17.3 Å². The molecule has 2 heterocycles. The van der Waals surface area contributed by atoms with Crippen molar-refractivity contribution in [2.75, 3.05) is 0 Å². The first-order valence-corrected chi connectivity index (χ1v) is 6.17. The first kappa shape index (κ1) is 12.3. The smallest absolute Gasteiger partial charge is 0.270 e. The highest BCUT2D eigenvalue weighted by Gasteiger charge is 2.07. The number of fused-ring (bicyclic) bond motifs is 1. The largest absolute Gasteiger partial charge is 0.364 e. The number of carbonyl (C=O) groups is 1. The molecule has 0 aliphatic heterocycles. The first-order valence-electron chi connectivity index (χ1n) is 6.17. The second-order valence-corrected chi connectivity index (χ2v) is 4.71. The van der Waals surface area contributed by atoms with E-state index in [-0.39, 0.29) is 5.69 Å². The molecule has 6 nitrogen and oxygen atoms in total. The quantitative estimate of drug-likeness (QED) is 0.774. The van der Waals surface area contributed by atoms with Crippen molar-refractivity contribution in [3.05, 3.63) is 53.5 Å². The lowest BCUT2D eigenvalue weighted by Crippen LogP contribution is -2.11. The molecule has 0 saturated heterocycles. The fraction of sp³-hybridized carbons (Fsp3) is 0.143. The lowest BCUT2D eigenvalue weighted by Gasteiger charge is -2.03. The molecule has 0 aliphatic carbocycles. The summed E-state index contributed by atoms with van der Waals surface area (Å²) in [4.78, 5) is 15.4. The number of nitrogens with two attached hydrogens (primary N) is 1. The number of benzene rings is 1. The van der Waals surface area contributed by atoms with Gasteiger partial charge in [0.25, 0.3) is 5.91 Å². The van der Waals surface area contributed by atoms with Crippen LogP contribution in [0.1, 0.15) is 21.6 Å². The van der Waals surface area contributed by atoms with E-state index in [1.165, 1.54) is 11.8 Å². The van der Waals surface area contributed by atoms with Crippen LogP contribution in [-0.2, 0) is 6.54 Å². The summed E-state index contributed by atoms with van der Waals surface area (Å²) in [5.74, 6) is -0.580. The maximum absolute atomic E-state index is 11.0. The van der Waals surface area contributed by atoms with Crippen molar-refractivity contribution in [1.29, 1.82) is 0 Å². The number of aryl methyl sites for hydroxylation is 1. The third-order valence-electron chi connectivity index (χ3n) is 3.03. The lowest BCUT2D eigenvalue weighted by atomic mass is 10.1. The number of pyridine rings is 1. The number of amides is 1. The van der Waals surface area contributed by atoms with Crippen LogP contribution >= 0.6 is 0 Å². The van der Waals surface area contributed by atoms with Crippen LogP contribution in [0.5, 0.6) is 0 Å². The fourth-order valence-corrected chi connectivity index (χ4v) is 2.04. The topological polar surface area (TPSA) is 86.7 Å². The Morgan fingerprint density at radius 1 is 1.35 bits per heavy atom. The summed E-state index contributed by atoms with van der Waals surface area (Å²) < 4.78 is 1.57. The minimum absolute atomic E-state index is 0.161. The van der Waals surface area contributed by atoms with E-state index < -0.39 is 5.91 Å². The third-order valence-corrected chi connectivity index (χ3v) is 3.03. The Morgan fingerprint density at radius 2 is 2.20 bits per heavy atom. The zero-order chi connectivity index (χ0) is 14.1. The Morgan fingerprint density at radius 3 is 2.95 bits per heavy atom. The molecule has 0 spiro atoms. The standard InChI is InChI=1S/C14H13N5O/c1-9-2-3-11-5-10(6-16-12(11)4-9)7-19-8-13(14(15)20)17-18-19/h2-6,8H,7H2,1H3,(H2,15,20). The van der Waals surface area contributed by atoms with Crippen LogP contribution in [0.25, 0.3) is 10.9 Å². The van der Waals surface area contributed by atoms with E-state index in [1.807, 2.05) is 25.1 Å². The van der Waals surface area contributed by atoms with Crippen LogP contribution in [0.4, 0.5) is 0 Å². The highest BCUT2D eigenvalue weighted by molar-refractivity contribution is 5.90.